The summed E-state index contributed by atoms with van der Waals surface area (Å²) in [5, 5.41) is 9.53. The minimum Gasteiger partial charge on any atom is -0.494 e. The van der Waals surface area contributed by atoms with Crippen molar-refractivity contribution in [2.24, 2.45) is 0 Å². The smallest absolute Gasteiger partial charge is 0.243 e. The number of benzene rings is 1. The molecule has 1 N–H and O–H groups in total. The van der Waals surface area contributed by atoms with Crippen LogP contribution in [0.3, 0.4) is 0 Å². The van der Waals surface area contributed by atoms with Gasteiger partial charge in [-0.25, -0.2) is 12.8 Å². The Morgan fingerprint density at radius 1 is 1.47 bits per heavy atom. The van der Waals surface area contributed by atoms with E-state index in [0.717, 1.165) is 6.07 Å². The molecule has 2 rings (SSSR count). The SMILES string of the molecule is COc1ccc(S(=O)(=O)N2CCCC(O)C2)cc1F. The summed E-state index contributed by atoms with van der Waals surface area (Å²) in [6.07, 6.45) is 0.522. The van der Waals surface area contributed by atoms with Crippen molar-refractivity contribution in [3.8, 4) is 5.75 Å². The van der Waals surface area contributed by atoms with E-state index in [1.54, 1.807) is 0 Å². The molecule has 106 valence electrons. The Bertz CT molecular complexity index is 561. The van der Waals surface area contributed by atoms with Crippen LogP contribution in [0.2, 0.25) is 0 Å². The zero-order valence-electron chi connectivity index (χ0n) is 10.5. The molecule has 0 spiro atoms. The van der Waals surface area contributed by atoms with E-state index in [9.17, 15) is 17.9 Å². The summed E-state index contributed by atoms with van der Waals surface area (Å²) < 4.78 is 44.1. The monoisotopic (exact) mass is 289 g/mol. The first kappa shape index (κ1) is 14.2. The highest BCUT2D eigenvalue weighted by atomic mass is 32.2. The van der Waals surface area contributed by atoms with Crippen molar-refractivity contribution in [3.63, 3.8) is 0 Å². The predicted molar refractivity (Wildman–Crippen MR) is 67.0 cm³/mol. The lowest BCUT2D eigenvalue weighted by molar-refractivity contribution is 0.108. The van der Waals surface area contributed by atoms with Gasteiger partial charge >= 0.3 is 0 Å². The number of ether oxygens (including phenoxy) is 1. The molecule has 1 atom stereocenters. The van der Waals surface area contributed by atoms with Gasteiger partial charge in [0.05, 0.1) is 18.1 Å². The molecule has 1 aliphatic rings. The third-order valence-corrected chi connectivity index (χ3v) is 4.98. The van der Waals surface area contributed by atoms with Crippen molar-refractivity contribution < 1.29 is 22.7 Å². The van der Waals surface area contributed by atoms with Gasteiger partial charge in [0.2, 0.25) is 10.0 Å². The maximum absolute atomic E-state index is 13.6. The van der Waals surface area contributed by atoms with E-state index in [-0.39, 0.29) is 17.2 Å². The van der Waals surface area contributed by atoms with E-state index in [4.69, 9.17) is 4.74 Å². The van der Waals surface area contributed by atoms with Gasteiger partial charge in [0.15, 0.2) is 11.6 Å². The second kappa shape index (κ2) is 5.44. The van der Waals surface area contributed by atoms with Crippen LogP contribution in [-0.4, -0.2) is 44.1 Å². The number of methoxy groups -OCH3 is 1. The average molecular weight is 289 g/mol. The summed E-state index contributed by atoms with van der Waals surface area (Å²) in [6, 6.07) is 3.52. The quantitative estimate of drug-likeness (QED) is 0.901. The number of hydrogen-bond acceptors (Lipinski definition) is 4. The third-order valence-electron chi connectivity index (χ3n) is 3.12. The molecule has 0 amide bonds. The molecule has 7 heteroatoms. The van der Waals surface area contributed by atoms with Gasteiger partial charge in [-0.1, -0.05) is 0 Å². The van der Waals surface area contributed by atoms with Crippen molar-refractivity contribution in [3.05, 3.63) is 24.0 Å². The zero-order valence-corrected chi connectivity index (χ0v) is 11.4. The Labute approximate surface area is 111 Å². The highest BCUT2D eigenvalue weighted by Gasteiger charge is 2.29. The second-order valence-corrected chi connectivity index (χ2v) is 6.39. The van der Waals surface area contributed by atoms with Gasteiger partial charge in [0.1, 0.15) is 0 Å². The highest BCUT2D eigenvalue weighted by molar-refractivity contribution is 7.89. The molecule has 1 saturated heterocycles. The van der Waals surface area contributed by atoms with E-state index >= 15 is 0 Å². The fraction of sp³-hybridized carbons (Fsp3) is 0.500. The van der Waals surface area contributed by atoms with Gasteiger partial charge in [-0.05, 0) is 31.0 Å². The van der Waals surface area contributed by atoms with Crippen molar-refractivity contribution in [2.75, 3.05) is 20.2 Å². The highest BCUT2D eigenvalue weighted by Crippen LogP contribution is 2.25. The van der Waals surface area contributed by atoms with Crippen LogP contribution >= 0.6 is 0 Å². The maximum Gasteiger partial charge on any atom is 0.243 e. The number of aliphatic hydroxyl groups excluding tert-OH is 1. The van der Waals surface area contributed by atoms with Crippen LogP contribution in [-0.2, 0) is 10.0 Å². The summed E-state index contributed by atoms with van der Waals surface area (Å²) in [5.74, 6) is -0.723. The number of halogens is 1. The summed E-state index contributed by atoms with van der Waals surface area (Å²) in [6.45, 7) is 0.392. The Morgan fingerprint density at radius 2 is 2.21 bits per heavy atom. The van der Waals surface area contributed by atoms with Crippen molar-refractivity contribution in [2.45, 2.75) is 23.8 Å². The lowest BCUT2D eigenvalue weighted by Gasteiger charge is -2.29. The molecule has 0 radical (unpaired) electrons. The van der Waals surface area contributed by atoms with Crippen molar-refractivity contribution in [1.82, 2.24) is 4.31 Å². The molecule has 5 nitrogen and oxygen atoms in total. The van der Waals surface area contributed by atoms with E-state index in [1.807, 2.05) is 0 Å². The van der Waals surface area contributed by atoms with Gasteiger partial charge in [0.25, 0.3) is 0 Å². The number of piperidine rings is 1. The van der Waals surface area contributed by atoms with Crippen LogP contribution in [0.5, 0.6) is 5.75 Å². The molecule has 0 saturated carbocycles. The molecule has 0 aromatic heterocycles. The van der Waals surface area contributed by atoms with E-state index in [1.165, 1.54) is 23.5 Å². The number of hydrogen-bond donors (Lipinski definition) is 1. The number of β-amino-alcohol motifs (C(OH)–C–C–N with tert-alkyl or cyclic N) is 1. The molecule has 1 aromatic carbocycles. The predicted octanol–water partition coefficient (Wildman–Crippen LogP) is 0.980. The topological polar surface area (TPSA) is 66.8 Å². The molecular formula is C12H16FNO4S. The van der Waals surface area contributed by atoms with Crippen molar-refractivity contribution >= 4 is 10.0 Å². The molecule has 1 aromatic rings. The summed E-state index contributed by atoms with van der Waals surface area (Å²) in [7, 11) is -2.45. The Balaban J connectivity index is 2.31. The van der Waals surface area contributed by atoms with Gasteiger partial charge in [-0.15, -0.1) is 0 Å². The first-order valence-corrected chi connectivity index (χ1v) is 7.41. The first-order chi connectivity index (χ1) is 8.95. The molecular weight excluding hydrogens is 273 g/mol. The molecule has 0 bridgehead atoms. The fourth-order valence-corrected chi connectivity index (χ4v) is 3.62. The second-order valence-electron chi connectivity index (χ2n) is 4.46. The van der Waals surface area contributed by atoms with Crippen LogP contribution in [0.4, 0.5) is 4.39 Å². The Hall–Kier alpha value is -1.18. The molecule has 0 aliphatic carbocycles. The number of nitrogens with zero attached hydrogens (tertiary/aromatic N) is 1. The van der Waals surface area contributed by atoms with Gasteiger partial charge in [-0.2, -0.15) is 4.31 Å². The first-order valence-electron chi connectivity index (χ1n) is 5.97. The largest absolute Gasteiger partial charge is 0.494 e. The lowest BCUT2D eigenvalue weighted by Crippen LogP contribution is -2.42. The number of aliphatic hydroxyl groups is 1. The average Bonchev–Trinajstić information content (AvgIpc) is 2.38. The zero-order chi connectivity index (χ0) is 14.0. The van der Waals surface area contributed by atoms with E-state index in [0.29, 0.717) is 19.4 Å². The summed E-state index contributed by atoms with van der Waals surface area (Å²) in [5.41, 5.74) is 0. The van der Waals surface area contributed by atoms with E-state index in [2.05, 4.69) is 0 Å². The Kier molecular flexibility index (Phi) is 4.07. The van der Waals surface area contributed by atoms with Crippen LogP contribution < -0.4 is 4.74 Å². The standard InChI is InChI=1S/C12H16FNO4S/c1-18-12-5-4-10(7-11(12)13)19(16,17)14-6-2-3-9(15)8-14/h4-5,7,9,15H,2-3,6,8H2,1H3. The molecule has 1 unspecified atom stereocenters. The van der Waals surface area contributed by atoms with Gasteiger partial charge in [0, 0.05) is 13.1 Å². The van der Waals surface area contributed by atoms with E-state index < -0.39 is 21.9 Å². The molecule has 19 heavy (non-hydrogen) atoms. The lowest BCUT2D eigenvalue weighted by atomic mass is 10.1. The minimum atomic E-state index is -3.76. The summed E-state index contributed by atoms with van der Waals surface area (Å²) in [4.78, 5) is -0.125. The fourth-order valence-electron chi connectivity index (χ4n) is 2.10. The Morgan fingerprint density at radius 3 is 2.79 bits per heavy atom. The van der Waals surface area contributed by atoms with Crippen molar-refractivity contribution in [1.29, 1.82) is 0 Å². The summed E-state index contributed by atoms with van der Waals surface area (Å²) >= 11 is 0. The third kappa shape index (κ3) is 2.88. The van der Waals surface area contributed by atoms with Crippen LogP contribution in [0.1, 0.15) is 12.8 Å². The van der Waals surface area contributed by atoms with Crippen LogP contribution in [0.15, 0.2) is 23.1 Å². The van der Waals surface area contributed by atoms with Crippen LogP contribution in [0, 0.1) is 5.82 Å². The molecule has 1 heterocycles. The van der Waals surface area contributed by atoms with Gasteiger partial charge < -0.3 is 9.84 Å². The number of rotatable bonds is 3. The minimum absolute atomic E-state index is 0.00220. The normalized spacial score (nSPS) is 21.3. The molecule has 1 fully saturated rings. The van der Waals surface area contributed by atoms with Gasteiger partial charge in [-0.3, -0.25) is 0 Å². The molecule has 1 aliphatic heterocycles. The van der Waals surface area contributed by atoms with Crippen LogP contribution in [0.25, 0.3) is 0 Å². The maximum atomic E-state index is 13.6. The number of sulfonamides is 1.